The molecule has 0 aromatic heterocycles. The lowest BCUT2D eigenvalue weighted by molar-refractivity contribution is -0.120. The fraction of sp³-hybridized carbons (Fsp3) is 0.435. The molecule has 1 N–H and O–H groups in total. The van der Waals surface area contributed by atoms with Crippen LogP contribution in [0.25, 0.3) is 0 Å². The van der Waals surface area contributed by atoms with E-state index in [1.807, 2.05) is 32.9 Å². The van der Waals surface area contributed by atoms with Gasteiger partial charge in [-0.05, 0) is 73.2 Å². The van der Waals surface area contributed by atoms with Gasteiger partial charge in [-0.1, -0.05) is 26.0 Å². The first kappa shape index (κ1) is 23.7. The van der Waals surface area contributed by atoms with Gasteiger partial charge in [-0.25, -0.2) is 8.42 Å². The third-order valence-corrected chi connectivity index (χ3v) is 6.20. The number of nitrogens with zero attached hydrogens (tertiary/aromatic N) is 1. The molecule has 0 radical (unpaired) electrons. The largest absolute Gasteiger partial charge is 0.496 e. The summed E-state index contributed by atoms with van der Waals surface area (Å²) in [5.41, 5.74) is 4.45. The van der Waals surface area contributed by atoms with Crippen molar-refractivity contribution in [2.45, 2.75) is 46.6 Å². The number of nitrogens with one attached hydrogen (secondary N) is 1. The van der Waals surface area contributed by atoms with Crippen LogP contribution in [-0.2, 0) is 14.8 Å². The Kier molecular flexibility index (Phi) is 7.53. The monoisotopic (exact) mass is 432 g/mol. The zero-order chi connectivity index (χ0) is 22.6. The van der Waals surface area contributed by atoms with Crippen molar-refractivity contribution in [3.05, 3.63) is 58.7 Å². The van der Waals surface area contributed by atoms with Gasteiger partial charge in [0.25, 0.3) is 0 Å². The van der Waals surface area contributed by atoms with Crippen LogP contribution in [0.2, 0.25) is 0 Å². The zero-order valence-electron chi connectivity index (χ0n) is 18.8. The molecule has 0 spiro atoms. The summed E-state index contributed by atoms with van der Waals surface area (Å²) in [5, 5.41) is 2.94. The van der Waals surface area contributed by atoms with E-state index in [1.165, 1.54) is 0 Å². The van der Waals surface area contributed by atoms with Gasteiger partial charge in [0.2, 0.25) is 15.9 Å². The first-order chi connectivity index (χ1) is 13.9. The predicted molar refractivity (Wildman–Crippen MR) is 122 cm³/mol. The summed E-state index contributed by atoms with van der Waals surface area (Å²) in [6.07, 6.45) is 1.11. The van der Waals surface area contributed by atoms with Gasteiger partial charge in [-0.2, -0.15) is 0 Å². The highest BCUT2D eigenvalue weighted by molar-refractivity contribution is 7.92. The van der Waals surface area contributed by atoms with Gasteiger partial charge in [0, 0.05) is 0 Å². The summed E-state index contributed by atoms with van der Waals surface area (Å²) in [5.74, 6) is 0.729. The molecule has 30 heavy (non-hydrogen) atoms. The maximum Gasteiger partial charge on any atom is 0.241 e. The summed E-state index contributed by atoms with van der Waals surface area (Å²) in [6, 6.07) is 10.8. The summed E-state index contributed by atoms with van der Waals surface area (Å²) >= 11 is 0. The highest BCUT2D eigenvalue weighted by atomic mass is 32.2. The van der Waals surface area contributed by atoms with Crippen LogP contribution in [0.1, 0.15) is 55.0 Å². The number of hydrogen-bond donors (Lipinski definition) is 1. The van der Waals surface area contributed by atoms with E-state index in [1.54, 1.807) is 25.3 Å². The molecule has 2 aromatic carbocycles. The van der Waals surface area contributed by atoms with Crippen molar-refractivity contribution in [3.8, 4) is 5.75 Å². The number of amides is 1. The average molecular weight is 433 g/mol. The molecule has 0 aliphatic heterocycles. The topological polar surface area (TPSA) is 75.7 Å². The van der Waals surface area contributed by atoms with Crippen molar-refractivity contribution in [2.24, 2.45) is 0 Å². The Labute approximate surface area is 180 Å². The lowest BCUT2D eigenvalue weighted by Gasteiger charge is -2.25. The lowest BCUT2D eigenvalue weighted by Crippen LogP contribution is -2.41. The van der Waals surface area contributed by atoms with E-state index in [9.17, 15) is 13.2 Å². The fourth-order valence-electron chi connectivity index (χ4n) is 3.49. The van der Waals surface area contributed by atoms with E-state index < -0.39 is 10.0 Å². The maximum absolute atomic E-state index is 12.8. The molecule has 0 unspecified atom stereocenters. The number of carbonyl (C=O) groups is 1. The smallest absolute Gasteiger partial charge is 0.241 e. The Bertz CT molecular complexity index is 1020. The molecule has 0 saturated heterocycles. The number of carbonyl (C=O) groups excluding carboxylic acids is 1. The van der Waals surface area contributed by atoms with Crippen LogP contribution in [0.4, 0.5) is 5.69 Å². The van der Waals surface area contributed by atoms with E-state index in [-0.39, 0.29) is 24.4 Å². The Morgan fingerprint density at radius 3 is 2.30 bits per heavy atom. The third kappa shape index (κ3) is 5.75. The van der Waals surface area contributed by atoms with Crippen LogP contribution in [0, 0.1) is 13.8 Å². The number of benzene rings is 2. The third-order valence-electron chi connectivity index (χ3n) is 5.06. The van der Waals surface area contributed by atoms with E-state index in [2.05, 4.69) is 25.2 Å². The highest BCUT2D eigenvalue weighted by Gasteiger charge is 2.23. The molecule has 164 valence electrons. The first-order valence-corrected chi connectivity index (χ1v) is 11.8. The first-order valence-electron chi connectivity index (χ1n) is 9.96. The highest BCUT2D eigenvalue weighted by Crippen LogP contribution is 2.32. The van der Waals surface area contributed by atoms with Gasteiger partial charge >= 0.3 is 0 Å². The molecule has 2 aromatic rings. The van der Waals surface area contributed by atoms with Crippen molar-refractivity contribution in [1.82, 2.24) is 5.32 Å². The molecule has 7 heteroatoms. The molecule has 0 bridgehead atoms. The Hall–Kier alpha value is -2.54. The van der Waals surface area contributed by atoms with E-state index >= 15 is 0 Å². The minimum atomic E-state index is -3.61. The number of anilines is 1. The number of ether oxygens (including phenoxy) is 1. The minimum absolute atomic E-state index is 0.268. The number of aryl methyl sites for hydroxylation is 2. The SMILES string of the molecule is COc1cc(C)c([C@@H](C)NC(=O)CN(c2cccc(C)c2)S(C)(=O)=O)cc1C(C)C. The molecule has 6 nitrogen and oxygen atoms in total. The normalized spacial score (nSPS) is 12.5. The summed E-state index contributed by atoms with van der Waals surface area (Å²) < 4.78 is 31.2. The molecule has 1 atom stereocenters. The maximum atomic E-state index is 12.8. The van der Waals surface area contributed by atoms with Crippen LogP contribution in [0.15, 0.2) is 36.4 Å². The number of methoxy groups -OCH3 is 1. The van der Waals surface area contributed by atoms with Gasteiger partial charge in [0.05, 0.1) is 25.1 Å². The van der Waals surface area contributed by atoms with Gasteiger partial charge in [0.15, 0.2) is 0 Å². The zero-order valence-corrected chi connectivity index (χ0v) is 19.6. The second-order valence-corrected chi connectivity index (χ2v) is 9.91. The quantitative estimate of drug-likeness (QED) is 0.682. The second kappa shape index (κ2) is 9.51. The van der Waals surface area contributed by atoms with E-state index in [4.69, 9.17) is 4.74 Å². The lowest BCUT2D eigenvalue weighted by atomic mass is 9.93. The van der Waals surface area contributed by atoms with Crippen molar-refractivity contribution >= 4 is 21.6 Å². The molecule has 0 heterocycles. The molecule has 0 saturated carbocycles. The second-order valence-electron chi connectivity index (χ2n) is 8.00. The van der Waals surface area contributed by atoms with Gasteiger partial charge < -0.3 is 10.1 Å². The average Bonchev–Trinajstić information content (AvgIpc) is 2.64. The van der Waals surface area contributed by atoms with Crippen LogP contribution in [0.3, 0.4) is 0 Å². The number of hydrogen-bond acceptors (Lipinski definition) is 4. The molecule has 1 amide bonds. The van der Waals surface area contributed by atoms with Crippen LogP contribution >= 0.6 is 0 Å². The summed E-state index contributed by atoms with van der Waals surface area (Å²) in [7, 11) is -1.96. The van der Waals surface area contributed by atoms with Gasteiger partial charge in [-0.3, -0.25) is 9.10 Å². The Morgan fingerprint density at radius 1 is 1.10 bits per heavy atom. The minimum Gasteiger partial charge on any atom is -0.496 e. The van der Waals surface area contributed by atoms with Crippen molar-refractivity contribution in [2.75, 3.05) is 24.2 Å². The fourth-order valence-corrected chi connectivity index (χ4v) is 4.34. The van der Waals surface area contributed by atoms with E-state index in [0.717, 1.165) is 38.6 Å². The number of sulfonamides is 1. The Morgan fingerprint density at radius 2 is 1.77 bits per heavy atom. The summed E-state index contributed by atoms with van der Waals surface area (Å²) in [6.45, 7) is 9.65. The van der Waals surface area contributed by atoms with Crippen LogP contribution < -0.4 is 14.4 Å². The number of rotatable bonds is 8. The molecular weight excluding hydrogens is 400 g/mol. The Balaban J connectivity index is 2.25. The van der Waals surface area contributed by atoms with Crippen molar-refractivity contribution in [3.63, 3.8) is 0 Å². The van der Waals surface area contributed by atoms with Crippen LogP contribution in [-0.4, -0.2) is 34.2 Å². The van der Waals surface area contributed by atoms with Crippen molar-refractivity contribution in [1.29, 1.82) is 0 Å². The predicted octanol–water partition coefficient (Wildman–Crippen LogP) is 4.08. The van der Waals surface area contributed by atoms with Gasteiger partial charge in [-0.15, -0.1) is 0 Å². The van der Waals surface area contributed by atoms with Crippen molar-refractivity contribution < 1.29 is 17.9 Å². The van der Waals surface area contributed by atoms with Gasteiger partial charge in [0.1, 0.15) is 12.3 Å². The van der Waals surface area contributed by atoms with E-state index in [0.29, 0.717) is 5.69 Å². The summed E-state index contributed by atoms with van der Waals surface area (Å²) in [4.78, 5) is 12.8. The molecule has 2 rings (SSSR count). The molecule has 0 fully saturated rings. The molecule has 0 aliphatic carbocycles. The molecular formula is C23H32N2O4S. The molecule has 0 aliphatic rings. The standard InChI is InChI=1S/C23H32N2O4S/c1-15(2)20-13-21(17(4)12-22(20)29-6)18(5)24-23(26)14-25(30(7,27)28)19-10-8-9-16(3)11-19/h8-13,15,18H,14H2,1-7H3,(H,24,26)/t18-/m1/s1. The van der Waals surface area contributed by atoms with Crippen LogP contribution in [0.5, 0.6) is 5.75 Å².